The van der Waals surface area contributed by atoms with Gasteiger partial charge >= 0.3 is 0 Å². The van der Waals surface area contributed by atoms with Crippen molar-refractivity contribution in [3.8, 4) is 5.75 Å². The Morgan fingerprint density at radius 3 is 2.23 bits per heavy atom. The fraction of sp³-hybridized carbons (Fsp3) is 0.250. The standard InChI is InChI=1S/C36H33ClN2O4/c1-22(2)21-30-31(23-17-19-25(43-3)20-18-23)32(33(40)24-11-5-4-6-12-24)36(27-14-8-10-16-29(27)38-35(36)42)39(30)34(41)26-13-7-9-15-28(26)37/h4-20,22,30-32H,21H2,1-3H3,(H,38,42). The van der Waals surface area contributed by atoms with Gasteiger partial charge in [0.15, 0.2) is 11.3 Å². The fourth-order valence-corrected chi connectivity index (χ4v) is 7.27. The summed E-state index contributed by atoms with van der Waals surface area (Å²) in [6, 6.07) is 30.4. The van der Waals surface area contributed by atoms with E-state index >= 15 is 0 Å². The van der Waals surface area contributed by atoms with E-state index in [0.717, 1.165) is 5.56 Å². The number of hydrogen-bond acceptors (Lipinski definition) is 4. The molecule has 4 aromatic carbocycles. The summed E-state index contributed by atoms with van der Waals surface area (Å²) in [5, 5.41) is 3.33. The number of para-hydroxylation sites is 1. The van der Waals surface area contributed by atoms with E-state index in [1.165, 1.54) is 0 Å². The van der Waals surface area contributed by atoms with Crippen LogP contribution >= 0.6 is 11.6 Å². The van der Waals surface area contributed by atoms with Gasteiger partial charge in [-0.15, -0.1) is 0 Å². The van der Waals surface area contributed by atoms with E-state index in [-0.39, 0.29) is 28.2 Å². The summed E-state index contributed by atoms with van der Waals surface area (Å²) in [4.78, 5) is 46.1. The maximum Gasteiger partial charge on any atom is 0.256 e. The lowest BCUT2D eigenvalue weighted by atomic mass is 9.69. The monoisotopic (exact) mass is 592 g/mol. The third-order valence-electron chi connectivity index (χ3n) is 8.74. The molecular weight excluding hydrogens is 560 g/mol. The van der Waals surface area contributed by atoms with Gasteiger partial charge in [-0.25, -0.2) is 0 Å². The highest BCUT2D eigenvalue weighted by Gasteiger charge is 2.70. The zero-order valence-corrected chi connectivity index (χ0v) is 25.0. The van der Waals surface area contributed by atoms with Crippen molar-refractivity contribution in [3.05, 3.63) is 130 Å². The first-order chi connectivity index (χ1) is 20.8. The minimum absolute atomic E-state index is 0.148. The maximum absolute atomic E-state index is 14.9. The van der Waals surface area contributed by atoms with E-state index in [2.05, 4.69) is 19.2 Å². The minimum atomic E-state index is -1.62. The van der Waals surface area contributed by atoms with Crippen LogP contribution in [0.2, 0.25) is 5.02 Å². The van der Waals surface area contributed by atoms with Crippen molar-refractivity contribution in [1.82, 2.24) is 4.90 Å². The second-order valence-corrected chi connectivity index (χ2v) is 12.0. The smallest absolute Gasteiger partial charge is 0.256 e. The van der Waals surface area contributed by atoms with Gasteiger partial charge in [0.05, 0.1) is 23.6 Å². The van der Waals surface area contributed by atoms with Crippen LogP contribution in [0.5, 0.6) is 5.75 Å². The Balaban J connectivity index is 1.70. The Kier molecular flexibility index (Phi) is 7.57. The van der Waals surface area contributed by atoms with Gasteiger partial charge in [0.2, 0.25) is 0 Å². The summed E-state index contributed by atoms with van der Waals surface area (Å²) in [7, 11) is 1.60. The molecule has 2 aliphatic rings. The van der Waals surface area contributed by atoms with Gasteiger partial charge in [-0.2, -0.15) is 0 Å². The molecule has 4 atom stereocenters. The van der Waals surface area contributed by atoms with Crippen LogP contribution in [0.15, 0.2) is 103 Å². The maximum atomic E-state index is 14.9. The number of fused-ring (bicyclic) bond motifs is 2. The van der Waals surface area contributed by atoms with E-state index < -0.39 is 29.3 Å². The molecule has 0 aliphatic carbocycles. The van der Waals surface area contributed by atoms with Crippen LogP contribution in [0.3, 0.4) is 0 Å². The van der Waals surface area contributed by atoms with E-state index in [9.17, 15) is 14.4 Å². The first-order valence-corrected chi connectivity index (χ1v) is 14.9. The van der Waals surface area contributed by atoms with Crippen LogP contribution in [0, 0.1) is 11.8 Å². The van der Waals surface area contributed by atoms with E-state index in [1.54, 1.807) is 48.4 Å². The number of halogens is 1. The summed E-state index contributed by atoms with van der Waals surface area (Å²) in [6.07, 6.45) is 0.558. The van der Waals surface area contributed by atoms with Gasteiger partial charge in [-0.1, -0.05) is 98.2 Å². The SMILES string of the molecule is COc1ccc(C2C(CC(C)C)N(C(=O)c3ccccc3Cl)C3(C(=O)Nc4ccccc43)C2C(=O)c2ccccc2)cc1. The molecule has 1 fully saturated rings. The predicted octanol–water partition coefficient (Wildman–Crippen LogP) is 7.35. The largest absolute Gasteiger partial charge is 0.497 e. The first kappa shape index (κ1) is 28.7. The summed E-state index contributed by atoms with van der Waals surface area (Å²) < 4.78 is 5.44. The van der Waals surface area contributed by atoms with Crippen LogP contribution in [0.1, 0.15) is 58.0 Å². The minimum Gasteiger partial charge on any atom is -0.497 e. The van der Waals surface area contributed by atoms with Crippen LogP contribution < -0.4 is 10.1 Å². The molecule has 1 spiro atoms. The zero-order valence-electron chi connectivity index (χ0n) is 24.3. The Morgan fingerprint density at radius 1 is 0.907 bits per heavy atom. The van der Waals surface area contributed by atoms with Gasteiger partial charge in [-0.05, 0) is 48.2 Å². The lowest BCUT2D eigenvalue weighted by molar-refractivity contribution is -0.127. The van der Waals surface area contributed by atoms with Gasteiger partial charge in [0, 0.05) is 28.8 Å². The van der Waals surface area contributed by atoms with Crippen molar-refractivity contribution in [3.63, 3.8) is 0 Å². The molecule has 7 heteroatoms. The number of Topliss-reactive ketones (excluding diaryl/α,β-unsaturated/α-hetero) is 1. The molecule has 4 unspecified atom stereocenters. The number of amides is 2. The molecule has 1 saturated heterocycles. The molecule has 43 heavy (non-hydrogen) atoms. The molecule has 0 radical (unpaired) electrons. The van der Waals surface area contributed by atoms with Crippen molar-refractivity contribution in [2.45, 2.75) is 37.8 Å². The number of anilines is 1. The molecule has 6 nitrogen and oxygen atoms in total. The number of carbonyl (C=O) groups is 3. The highest BCUT2D eigenvalue weighted by Crippen LogP contribution is 2.60. The number of benzene rings is 4. The average Bonchev–Trinajstić information content (AvgIpc) is 3.48. The Hall–Kier alpha value is -4.42. The van der Waals surface area contributed by atoms with Crippen LogP contribution in [0.4, 0.5) is 5.69 Å². The summed E-state index contributed by atoms with van der Waals surface area (Å²) in [5.74, 6) is -1.59. The van der Waals surface area contributed by atoms with Crippen molar-refractivity contribution in [2.24, 2.45) is 11.8 Å². The van der Waals surface area contributed by atoms with Crippen LogP contribution in [0.25, 0.3) is 0 Å². The molecule has 0 bridgehead atoms. The molecule has 0 saturated carbocycles. The zero-order chi connectivity index (χ0) is 30.3. The van der Waals surface area contributed by atoms with Gasteiger partial charge < -0.3 is 15.0 Å². The number of likely N-dealkylation sites (tertiary alicyclic amines) is 1. The number of carbonyl (C=O) groups excluding carboxylic acids is 3. The van der Waals surface area contributed by atoms with E-state index in [4.69, 9.17) is 16.3 Å². The number of nitrogens with one attached hydrogen (secondary N) is 1. The van der Waals surface area contributed by atoms with E-state index in [0.29, 0.717) is 29.0 Å². The van der Waals surface area contributed by atoms with E-state index in [1.807, 2.05) is 66.7 Å². The topological polar surface area (TPSA) is 75.7 Å². The lowest BCUT2D eigenvalue weighted by Crippen LogP contribution is -2.56. The second-order valence-electron chi connectivity index (χ2n) is 11.6. The third-order valence-corrected chi connectivity index (χ3v) is 9.07. The molecule has 6 rings (SSSR count). The summed E-state index contributed by atoms with van der Waals surface area (Å²) >= 11 is 6.64. The molecule has 2 aliphatic heterocycles. The summed E-state index contributed by atoms with van der Waals surface area (Å²) in [6.45, 7) is 4.18. The average molecular weight is 593 g/mol. The molecule has 1 N–H and O–H groups in total. The van der Waals surface area contributed by atoms with Crippen molar-refractivity contribution < 1.29 is 19.1 Å². The van der Waals surface area contributed by atoms with Crippen LogP contribution in [-0.4, -0.2) is 35.6 Å². The van der Waals surface area contributed by atoms with Gasteiger partial charge in [0.25, 0.3) is 11.8 Å². The number of rotatable bonds is 7. The molecular formula is C36H33ClN2O4. The highest BCUT2D eigenvalue weighted by atomic mass is 35.5. The number of ketones is 1. The molecule has 218 valence electrons. The number of nitrogens with zero attached hydrogens (tertiary/aromatic N) is 1. The number of hydrogen-bond donors (Lipinski definition) is 1. The normalized spacial score (nSPS) is 22.5. The van der Waals surface area contributed by atoms with Crippen molar-refractivity contribution in [1.29, 1.82) is 0 Å². The third kappa shape index (κ3) is 4.61. The Morgan fingerprint density at radius 2 is 1.56 bits per heavy atom. The quantitative estimate of drug-likeness (QED) is 0.228. The lowest BCUT2D eigenvalue weighted by Gasteiger charge is -2.39. The Bertz CT molecular complexity index is 1690. The van der Waals surface area contributed by atoms with Gasteiger partial charge in [-0.3, -0.25) is 14.4 Å². The molecule has 4 aromatic rings. The molecule has 2 amide bonds. The Labute approximate surface area is 256 Å². The predicted molar refractivity (Wildman–Crippen MR) is 168 cm³/mol. The van der Waals surface area contributed by atoms with Gasteiger partial charge in [0.1, 0.15) is 5.75 Å². The second kappa shape index (κ2) is 11.3. The van der Waals surface area contributed by atoms with Crippen LogP contribution in [-0.2, 0) is 10.3 Å². The molecule has 2 heterocycles. The first-order valence-electron chi connectivity index (χ1n) is 14.5. The summed E-state index contributed by atoms with van der Waals surface area (Å²) in [5.41, 5.74) is 1.21. The van der Waals surface area contributed by atoms with Crippen molar-refractivity contribution >= 4 is 34.9 Å². The number of methoxy groups -OCH3 is 1. The van der Waals surface area contributed by atoms with Crippen molar-refractivity contribution in [2.75, 3.05) is 12.4 Å². The fourth-order valence-electron chi connectivity index (χ4n) is 7.05. The highest BCUT2D eigenvalue weighted by molar-refractivity contribution is 6.34. The number of ether oxygens (including phenoxy) is 1. The molecule has 0 aromatic heterocycles.